The molecule has 0 aliphatic heterocycles. The van der Waals surface area contributed by atoms with Gasteiger partial charge in [0.15, 0.2) is 5.65 Å². The molecule has 0 atom stereocenters. The van der Waals surface area contributed by atoms with Crippen LogP contribution in [-0.4, -0.2) is 21.7 Å². The molecular weight excluding hydrogens is 324 g/mol. The lowest BCUT2D eigenvalue weighted by Gasteiger charge is -2.11. The molecule has 1 N–H and O–H groups in total. The van der Waals surface area contributed by atoms with Crippen LogP contribution < -0.4 is 10.1 Å². The van der Waals surface area contributed by atoms with Crippen LogP contribution in [0.2, 0.25) is 0 Å². The molecule has 0 unspecified atom stereocenters. The number of aryl methyl sites for hydroxylation is 2. The number of methoxy groups -OCH3 is 1. The maximum absolute atomic E-state index is 5.50. The van der Waals surface area contributed by atoms with E-state index >= 15 is 0 Å². The molecule has 0 fully saturated rings. The normalized spacial score (nSPS) is 10.9. The monoisotopic (exact) mass is 344 g/mol. The number of fused-ring (bicyclic) bond motifs is 1. The molecule has 0 bridgehead atoms. The van der Waals surface area contributed by atoms with Crippen LogP contribution in [0.25, 0.3) is 16.8 Å². The standard InChI is InChI=1S/C21H20N4O/c1-14-8-10-16(11-9-14)24-20-12-15(2)23-21-18(13-22-25(20)21)17-6-4-5-7-19(17)26-3/h4-13,24H,1-3H3. The van der Waals surface area contributed by atoms with Gasteiger partial charge in [-0.15, -0.1) is 0 Å². The van der Waals surface area contributed by atoms with E-state index in [2.05, 4.69) is 41.6 Å². The number of aromatic nitrogens is 3. The minimum Gasteiger partial charge on any atom is -0.496 e. The Morgan fingerprint density at radius 3 is 2.50 bits per heavy atom. The Morgan fingerprint density at radius 2 is 1.73 bits per heavy atom. The third-order valence-corrected chi connectivity index (χ3v) is 4.32. The molecular formula is C21H20N4O. The fraction of sp³-hybridized carbons (Fsp3) is 0.143. The molecule has 0 saturated carbocycles. The van der Waals surface area contributed by atoms with Crippen molar-refractivity contribution in [2.45, 2.75) is 13.8 Å². The van der Waals surface area contributed by atoms with Crippen LogP contribution in [0.3, 0.4) is 0 Å². The largest absolute Gasteiger partial charge is 0.496 e. The maximum atomic E-state index is 5.50. The van der Waals surface area contributed by atoms with E-state index in [0.717, 1.165) is 39.7 Å². The Kier molecular flexibility index (Phi) is 4.05. The average molecular weight is 344 g/mol. The lowest BCUT2D eigenvalue weighted by Crippen LogP contribution is -2.02. The van der Waals surface area contributed by atoms with Crippen molar-refractivity contribution in [1.29, 1.82) is 0 Å². The summed E-state index contributed by atoms with van der Waals surface area (Å²) in [6.07, 6.45) is 1.83. The molecule has 130 valence electrons. The smallest absolute Gasteiger partial charge is 0.165 e. The number of hydrogen-bond acceptors (Lipinski definition) is 4. The van der Waals surface area contributed by atoms with Crippen molar-refractivity contribution < 1.29 is 4.74 Å². The molecule has 4 aromatic rings. The van der Waals surface area contributed by atoms with Gasteiger partial charge in [-0.2, -0.15) is 9.61 Å². The number of hydrogen-bond donors (Lipinski definition) is 1. The molecule has 0 spiro atoms. The zero-order valence-electron chi connectivity index (χ0n) is 15.0. The minimum atomic E-state index is 0.795. The second kappa shape index (κ2) is 6.52. The second-order valence-electron chi connectivity index (χ2n) is 6.27. The highest BCUT2D eigenvalue weighted by Crippen LogP contribution is 2.33. The van der Waals surface area contributed by atoms with Gasteiger partial charge < -0.3 is 10.1 Å². The molecule has 2 aromatic carbocycles. The van der Waals surface area contributed by atoms with E-state index in [4.69, 9.17) is 9.72 Å². The highest BCUT2D eigenvalue weighted by molar-refractivity contribution is 5.82. The number of benzene rings is 2. The van der Waals surface area contributed by atoms with Crippen LogP contribution in [0.15, 0.2) is 60.8 Å². The van der Waals surface area contributed by atoms with Gasteiger partial charge in [0.1, 0.15) is 11.6 Å². The molecule has 5 nitrogen and oxygen atoms in total. The van der Waals surface area contributed by atoms with E-state index in [1.807, 2.05) is 48.0 Å². The van der Waals surface area contributed by atoms with Gasteiger partial charge in [0.05, 0.1) is 18.9 Å². The van der Waals surface area contributed by atoms with Gasteiger partial charge in [0, 0.05) is 23.0 Å². The number of nitrogens with zero attached hydrogens (tertiary/aromatic N) is 3. The molecule has 0 saturated heterocycles. The lowest BCUT2D eigenvalue weighted by molar-refractivity contribution is 0.416. The summed E-state index contributed by atoms with van der Waals surface area (Å²) < 4.78 is 7.33. The van der Waals surface area contributed by atoms with E-state index in [-0.39, 0.29) is 0 Å². The van der Waals surface area contributed by atoms with Crippen LogP contribution in [-0.2, 0) is 0 Å². The Labute approximate surface area is 152 Å². The van der Waals surface area contributed by atoms with Crippen molar-refractivity contribution >= 4 is 17.2 Å². The van der Waals surface area contributed by atoms with Crippen molar-refractivity contribution in [3.05, 3.63) is 72.1 Å². The van der Waals surface area contributed by atoms with Gasteiger partial charge in [-0.1, -0.05) is 35.9 Å². The van der Waals surface area contributed by atoms with Gasteiger partial charge >= 0.3 is 0 Å². The Morgan fingerprint density at radius 1 is 0.962 bits per heavy atom. The molecule has 0 aliphatic carbocycles. The van der Waals surface area contributed by atoms with Crippen LogP contribution in [0.1, 0.15) is 11.3 Å². The Balaban J connectivity index is 1.84. The highest BCUT2D eigenvalue weighted by atomic mass is 16.5. The quantitative estimate of drug-likeness (QED) is 0.580. The van der Waals surface area contributed by atoms with Gasteiger partial charge in [0.2, 0.25) is 0 Å². The Hall–Kier alpha value is -3.34. The number of rotatable bonds is 4. The van der Waals surface area contributed by atoms with E-state index in [9.17, 15) is 0 Å². The molecule has 2 heterocycles. The minimum absolute atomic E-state index is 0.795. The number of ether oxygens (including phenoxy) is 1. The van der Waals surface area contributed by atoms with E-state index in [1.165, 1.54) is 5.56 Å². The molecule has 26 heavy (non-hydrogen) atoms. The number of anilines is 2. The molecule has 0 aliphatic rings. The van der Waals surface area contributed by atoms with Crippen molar-refractivity contribution in [2.75, 3.05) is 12.4 Å². The van der Waals surface area contributed by atoms with Crippen molar-refractivity contribution in [3.63, 3.8) is 0 Å². The highest BCUT2D eigenvalue weighted by Gasteiger charge is 2.15. The average Bonchev–Trinajstić information content (AvgIpc) is 3.07. The summed E-state index contributed by atoms with van der Waals surface area (Å²) >= 11 is 0. The summed E-state index contributed by atoms with van der Waals surface area (Å²) in [5.74, 6) is 1.68. The molecule has 2 aromatic heterocycles. The second-order valence-corrected chi connectivity index (χ2v) is 6.27. The zero-order chi connectivity index (χ0) is 18.1. The van der Waals surface area contributed by atoms with E-state index in [1.54, 1.807) is 7.11 Å². The third-order valence-electron chi connectivity index (χ3n) is 4.32. The van der Waals surface area contributed by atoms with Crippen molar-refractivity contribution in [1.82, 2.24) is 14.6 Å². The molecule has 0 amide bonds. The summed E-state index contributed by atoms with van der Waals surface area (Å²) in [7, 11) is 1.67. The first-order valence-electron chi connectivity index (χ1n) is 8.48. The summed E-state index contributed by atoms with van der Waals surface area (Å²) in [6.45, 7) is 4.06. The van der Waals surface area contributed by atoms with Gasteiger partial charge in [0.25, 0.3) is 0 Å². The van der Waals surface area contributed by atoms with Gasteiger partial charge in [-0.25, -0.2) is 4.98 Å². The topological polar surface area (TPSA) is 51.5 Å². The first-order valence-corrected chi connectivity index (χ1v) is 8.48. The SMILES string of the molecule is COc1ccccc1-c1cnn2c(Nc3ccc(C)cc3)cc(C)nc12. The Bertz CT molecular complexity index is 1070. The first-order chi connectivity index (χ1) is 12.7. The molecule has 0 radical (unpaired) electrons. The summed E-state index contributed by atoms with van der Waals surface area (Å²) in [5, 5.41) is 8.00. The van der Waals surface area contributed by atoms with Gasteiger partial charge in [-0.05, 0) is 32.0 Å². The van der Waals surface area contributed by atoms with Crippen LogP contribution in [0, 0.1) is 13.8 Å². The fourth-order valence-corrected chi connectivity index (χ4v) is 3.02. The summed E-state index contributed by atoms with van der Waals surface area (Å²) in [6, 6.07) is 18.2. The van der Waals surface area contributed by atoms with Gasteiger partial charge in [-0.3, -0.25) is 0 Å². The fourth-order valence-electron chi connectivity index (χ4n) is 3.02. The van der Waals surface area contributed by atoms with Crippen molar-refractivity contribution in [3.8, 4) is 16.9 Å². The lowest BCUT2D eigenvalue weighted by atomic mass is 10.1. The van der Waals surface area contributed by atoms with Crippen LogP contribution in [0.4, 0.5) is 11.5 Å². The predicted molar refractivity (Wildman–Crippen MR) is 104 cm³/mol. The molecule has 5 heteroatoms. The first kappa shape index (κ1) is 16.1. The summed E-state index contributed by atoms with van der Waals surface area (Å²) in [4.78, 5) is 4.71. The molecule has 4 rings (SSSR count). The van der Waals surface area contributed by atoms with E-state index < -0.39 is 0 Å². The number of nitrogens with one attached hydrogen (secondary N) is 1. The van der Waals surface area contributed by atoms with Crippen molar-refractivity contribution in [2.24, 2.45) is 0 Å². The zero-order valence-corrected chi connectivity index (χ0v) is 15.0. The third kappa shape index (κ3) is 2.88. The summed E-state index contributed by atoms with van der Waals surface area (Å²) in [5.41, 5.74) is 5.87. The van der Waals surface area contributed by atoms with Crippen LogP contribution >= 0.6 is 0 Å². The number of para-hydroxylation sites is 1. The predicted octanol–water partition coefficient (Wildman–Crippen LogP) is 4.77. The van der Waals surface area contributed by atoms with E-state index in [0.29, 0.717) is 0 Å². The van der Waals surface area contributed by atoms with Crippen LogP contribution in [0.5, 0.6) is 5.75 Å². The maximum Gasteiger partial charge on any atom is 0.165 e.